The maximum absolute atomic E-state index is 11.7. The molecule has 0 aromatic carbocycles. The summed E-state index contributed by atoms with van der Waals surface area (Å²) in [5.74, 6) is 0.765. The van der Waals surface area contributed by atoms with Crippen molar-refractivity contribution >= 4 is 28.9 Å². The molecule has 5 nitrogen and oxygen atoms in total. The molecule has 0 spiro atoms. The second-order valence-electron chi connectivity index (χ2n) is 4.38. The molecule has 1 amide bonds. The normalized spacial score (nSPS) is 19.6. The predicted octanol–water partition coefficient (Wildman–Crippen LogP) is 0.349. The molecule has 6 heteroatoms. The Bertz CT molecular complexity index is 503. The monoisotopic (exact) mass is 264 g/mol. The van der Waals surface area contributed by atoms with Crippen molar-refractivity contribution < 1.29 is 4.79 Å². The molecule has 3 N–H and O–H groups in total. The molecule has 0 radical (unpaired) electrons. The van der Waals surface area contributed by atoms with Gasteiger partial charge in [-0.2, -0.15) is 0 Å². The molecule has 1 aromatic heterocycles. The third-order valence-corrected chi connectivity index (χ3v) is 3.25. The number of carbonyl (C=O) groups is 1. The van der Waals surface area contributed by atoms with Crippen molar-refractivity contribution in [3.05, 3.63) is 23.4 Å². The van der Waals surface area contributed by atoms with Gasteiger partial charge in [-0.25, -0.2) is 4.98 Å². The van der Waals surface area contributed by atoms with Crippen molar-refractivity contribution in [1.29, 1.82) is 0 Å². The van der Waals surface area contributed by atoms with Crippen molar-refractivity contribution in [2.45, 2.75) is 19.9 Å². The highest BCUT2D eigenvalue weighted by Gasteiger charge is 2.26. The van der Waals surface area contributed by atoms with Gasteiger partial charge in [-0.3, -0.25) is 4.79 Å². The zero-order valence-corrected chi connectivity index (χ0v) is 11.3. The number of carbonyl (C=O) groups excluding carboxylic acids is 1. The molecule has 1 aliphatic heterocycles. The first kappa shape index (κ1) is 12.8. The van der Waals surface area contributed by atoms with Gasteiger partial charge >= 0.3 is 0 Å². The van der Waals surface area contributed by atoms with Crippen LogP contribution in [0.15, 0.2) is 12.1 Å². The van der Waals surface area contributed by atoms with Gasteiger partial charge in [0.2, 0.25) is 5.91 Å². The predicted molar refractivity (Wildman–Crippen MR) is 74.7 cm³/mol. The lowest BCUT2D eigenvalue weighted by Crippen LogP contribution is -2.54. The van der Waals surface area contributed by atoms with E-state index in [0.29, 0.717) is 11.5 Å². The van der Waals surface area contributed by atoms with Gasteiger partial charge < -0.3 is 16.0 Å². The van der Waals surface area contributed by atoms with E-state index < -0.39 is 0 Å². The fourth-order valence-electron chi connectivity index (χ4n) is 2.04. The fourth-order valence-corrected chi connectivity index (χ4v) is 2.15. The Morgan fingerprint density at radius 3 is 3.00 bits per heavy atom. The van der Waals surface area contributed by atoms with Gasteiger partial charge in [-0.1, -0.05) is 12.2 Å². The number of amides is 1. The molecule has 1 aliphatic rings. The number of piperazine rings is 1. The number of pyridine rings is 1. The van der Waals surface area contributed by atoms with E-state index >= 15 is 0 Å². The van der Waals surface area contributed by atoms with Crippen LogP contribution in [0.1, 0.15) is 18.2 Å². The highest BCUT2D eigenvalue weighted by Crippen LogP contribution is 2.19. The van der Waals surface area contributed by atoms with Crippen LogP contribution in [0.25, 0.3) is 0 Å². The van der Waals surface area contributed by atoms with Gasteiger partial charge in [0.15, 0.2) is 0 Å². The first-order chi connectivity index (χ1) is 8.49. The third kappa shape index (κ3) is 2.43. The van der Waals surface area contributed by atoms with Crippen molar-refractivity contribution in [2.75, 3.05) is 18.0 Å². The lowest BCUT2D eigenvalue weighted by molar-refractivity contribution is -0.122. The van der Waals surface area contributed by atoms with E-state index in [-0.39, 0.29) is 11.9 Å². The summed E-state index contributed by atoms with van der Waals surface area (Å²) in [4.78, 5) is 18.4. The number of hydrogen-bond acceptors (Lipinski definition) is 4. The Balaban J connectivity index is 2.38. The number of hydrogen-bond donors (Lipinski definition) is 2. The van der Waals surface area contributed by atoms with Crippen LogP contribution < -0.4 is 16.0 Å². The number of aromatic nitrogens is 1. The lowest BCUT2D eigenvalue weighted by Gasteiger charge is -2.34. The molecule has 2 heterocycles. The third-order valence-electron chi connectivity index (χ3n) is 3.02. The van der Waals surface area contributed by atoms with Crippen molar-refractivity contribution in [3.63, 3.8) is 0 Å². The van der Waals surface area contributed by atoms with Crippen LogP contribution in [0.5, 0.6) is 0 Å². The Kier molecular flexibility index (Phi) is 3.47. The number of aryl methyl sites for hydroxylation is 1. The number of rotatable bonds is 2. The maximum atomic E-state index is 11.7. The maximum Gasteiger partial charge on any atom is 0.242 e. The molecule has 18 heavy (non-hydrogen) atoms. The van der Waals surface area contributed by atoms with E-state index in [2.05, 4.69) is 10.3 Å². The van der Waals surface area contributed by atoms with Crippen LogP contribution in [-0.2, 0) is 4.79 Å². The second-order valence-corrected chi connectivity index (χ2v) is 4.82. The molecule has 0 saturated carbocycles. The minimum Gasteiger partial charge on any atom is -0.389 e. The van der Waals surface area contributed by atoms with E-state index in [9.17, 15) is 4.79 Å². The second kappa shape index (κ2) is 4.89. The zero-order valence-electron chi connectivity index (χ0n) is 10.4. The molecule has 2 rings (SSSR count). The largest absolute Gasteiger partial charge is 0.389 e. The molecular formula is C12H16N4OS. The summed E-state index contributed by atoms with van der Waals surface area (Å²) in [6.07, 6.45) is 0. The zero-order chi connectivity index (χ0) is 13.3. The highest BCUT2D eigenvalue weighted by atomic mass is 32.1. The van der Waals surface area contributed by atoms with Crippen molar-refractivity contribution in [3.8, 4) is 0 Å². The molecule has 1 unspecified atom stereocenters. The summed E-state index contributed by atoms with van der Waals surface area (Å²) in [6.45, 7) is 5.11. The molecule has 1 aromatic rings. The number of nitrogens with zero attached hydrogens (tertiary/aromatic N) is 2. The summed E-state index contributed by atoms with van der Waals surface area (Å²) in [6, 6.07) is 3.46. The number of nitrogens with one attached hydrogen (secondary N) is 1. The number of anilines is 1. The Labute approximate surface area is 111 Å². The van der Waals surface area contributed by atoms with Crippen LogP contribution >= 0.6 is 12.2 Å². The molecule has 0 bridgehead atoms. The molecule has 1 saturated heterocycles. The van der Waals surface area contributed by atoms with E-state index in [1.54, 1.807) is 0 Å². The smallest absolute Gasteiger partial charge is 0.242 e. The minimum absolute atomic E-state index is 0.0152. The van der Waals surface area contributed by atoms with Crippen molar-refractivity contribution in [1.82, 2.24) is 10.3 Å². The van der Waals surface area contributed by atoms with Crippen LogP contribution in [0.2, 0.25) is 0 Å². The standard InChI is InChI=1S/C12H16N4OS/c1-7-5-9(11(13)18)6-10(15-7)16-4-3-14-12(17)8(16)2/h5-6,8H,3-4H2,1-2H3,(H2,13,18)(H,14,17). The first-order valence-electron chi connectivity index (χ1n) is 5.82. The van der Waals surface area contributed by atoms with Crippen LogP contribution in [-0.4, -0.2) is 35.0 Å². The van der Waals surface area contributed by atoms with Crippen LogP contribution in [0.3, 0.4) is 0 Å². The van der Waals surface area contributed by atoms with Gasteiger partial charge in [0.1, 0.15) is 16.8 Å². The summed E-state index contributed by atoms with van der Waals surface area (Å²) in [7, 11) is 0. The van der Waals surface area contributed by atoms with Gasteiger partial charge in [-0.15, -0.1) is 0 Å². The molecule has 0 aliphatic carbocycles. The molecular weight excluding hydrogens is 248 g/mol. The van der Waals surface area contributed by atoms with Gasteiger partial charge in [0, 0.05) is 24.3 Å². The lowest BCUT2D eigenvalue weighted by atomic mass is 10.1. The van der Waals surface area contributed by atoms with E-state index in [4.69, 9.17) is 18.0 Å². The Morgan fingerprint density at radius 1 is 1.61 bits per heavy atom. The van der Waals surface area contributed by atoms with E-state index in [1.165, 1.54) is 0 Å². The summed E-state index contributed by atoms with van der Waals surface area (Å²) in [5.41, 5.74) is 7.27. The van der Waals surface area contributed by atoms with Crippen LogP contribution in [0.4, 0.5) is 5.82 Å². The van der Waals surface area contributed by atoms with Gasteiger partial charge in [-0.05, 0) is 26.0 Å². The molecule has 96 valence electrons. The number of thiocarbonyl (C=S) groups is 1. The SMILES string of the molecule is Cc1cc(C(N)=S)cc(N2CCNC(=O)C2C)n1. The average molecular weight is 264 g/mol. The highest BCUT2D eigenvalue weighted by molar-refractivity contribution is 7.80. The molecule has 1 atom stereocenters. The Hall–Kier alpha value is -1.69. The topological polar surface area (TPSA) is 71.2 Å². The quantitative estimate of drug-likeness (QED) is 0.754. The average Bonchev–Trinajstić information content (AvgIpc) is 2.31. The Morgan fingerprint density at radius 2 is 2.33 bits per heavy atom. The fraction of sp³-hybridized carbons (Fsp3) is 0.417. The van der Waals surface area contributed by atoms with Crippen molar-refractivity contribution in [2.24, 2.45) is 5.73 Å². The summed E-state index contributed by atoms with van der Waals surface area (Å²) in [5, 5.41) is 2.82. The van der Waals surface area contributed by atoms with Crippen LogP contribution in [0, 0.1) is 6.92 Å². The van der Waals surface area contributed by atoms with Gasteiger partial charge in [0.05, 0.1) is 0 Å². The summed E-state index contributed by atoms with van der Waals surface area (Å²) < 4.78 is 0. The minimum atomic E-state index is -0.229. The van der Waals surface area contributed by atoms with E-state index in [1.807, 2.05) is 30.9 Å². The molecule has 1 fully saturated rings. The first-order valence-corrected chi connectivity index (χ1v) is 6.22. The van der Waals surface area contributed by atoms with E-state index in [0.717, 1.165) is 23.6 Å². The summed E-state index contributed by atoms with van der Waals surface area (Å²) >= 11 is 4.99. The number of nitrogens with two attached hydrogens (primary N) is 1. The van der Waals surface area contributed by atoms with Gasteiger partial charge in [0.25, 0.3) is 0 Å².